The topological polar surface area (TPSA) is 55.1 Å². The van der Waals surface area contributed by atoms with Gasteiger partial charge in [-0.05, 0) is 31.9 Å². The summed E-state index contributed by atoms with van der Waals surface area (Å²) in [7, 11) is 0. The molecule has 0 unspecified atom stereocenters. The summed E-state index contributed by atoms with van der Waals surface area (Å²) in [5, 5.41) is 6.95. The summed E-state index contributed by atoms with van der Waals surface area (Å²) in [5.74, 6) is -0.222. The van der Waals surface area contributed by atoms with E-state index in [4.69, 9.17) is 4.52 Å². The number of nitrogens with zero attached hydrogens (tertiary/aromatic N) is 1. The Balaban J connectivity index is 1.93. The lowest BCUT2D eigenvalue weighted by molar-refractivity contribution is 0.102. The van der Waals surface area contributed by atoms with Gasteiger partial charge in [-0.25, -0.2) is 0 Å². The number of nitrogens with one attached hydrogen (secondary N) is 1. The number of amides is 1. The molecule has 0 aliphatic heterocycles. The first-order chi connectivity index (χ1) is 11.1. The Labute approximate surface area is 135 Å². The second-order valence-electron chi connectivity index (χ2n) is 5.67. The molecule has 1 N–H and O–H groups in total. The molecule has 0 radical (unpaired) electrons. The van der Waals surface area contributed by atoms with E-state index in [0.717, 1.165) is 22.4 Å². The average Bonchev–Trinajstić information content (AvgIpc) is 3.01. The minimum absolute atomic E-state index is 0.222. The molecule has 0 saturated heterocycles. The van der Waals surface area contributed by atoms with Crippen LogP contribution in [0.2, 0.25) is 0 Å². The molecule has 1 heterocycles. The molecule has 3 rings (SSSR count). The number of hydrogen-bond acceptors (Lipinski definition) is 3. The molecule has 0 fully saturated rings. The highest BCUT2D eigenvalue weighted by Gasteiger charge is 2.18. The first-order valence-electron chi connectivity index (χ1n) is 7.45. The fourth-order valence-electron chi connectivity index (χ4n) is 2.76. The number of rotatable bonds is 3. The molecular weight excluding hydrogens is 288 g/mol. The summed E-state index contributed by atoms with van der Waals surface area (Å²) < 4.78 is 5.03. The number of anilines is 1. The summed E-state index contributed by atoms with van der Waals surface area (Å²) in [4.78, 5) is 12.6. The summed E-state index contributed by atoms with van der Waals surface area (Å²) in [6.45, 7) is 6.02. The van der Waals surface area contributed by atoms with Crippen molar-refractivity contribution in [3.05, 3.63) is 71.0 Å². The van der Waals surface area contributed by atoms with Gasteiger partial charge in [0.05, 0.1) is 0 Å². The Hall–Kier alpha value is -2.88. The van der Waals surface area contributed by atoms with Gasteiger partial charge in [0.25, 0.3) is 5.91 Å². The van der Waals surface area contributed by atoms with E-state index in [0.29, 0.717) is 11.3 Å². The maximum atomic E-state index is 12.6. The van der Waals surface area contributed by atoms with Crippen LogP contribution in [-0.2, 0) is 0 Å². The molecule has 1 aromatic heterocycles. The Bertz CT molecular complexity index is 828. The van der Waals surface area contributed by atoms with Crippen molar-refractivity contribution in [2.24, 2.45) is 0 Å². The van der Waals surface area contributed by atoms with Crippen molar-refractivity contribution in [3.8, 4) is 11.3 Å². The number of hydrogen-bond donors (Lipinski definition) is 1. The van der Waals surface area contributed by atoms with Gasteiger partial charge in [-0.1, -0.05) is 53.2 Å². The molecule has 3 aromatic rings. The molecular formula is C19H18N2O2. The van der Waals surface area contributed by atoms with Gasteiger partial charge in [0.1, 0.15) is 17.5 Å². The van der Waals surface area contributed by atoms with Gasteiger partial charge in [-0.15, -0.1) is 0 Å². The van der Waals surface area contributed by atoms with Crippen LogP contribution in [0.4, 0.5) is 5.69 Å². The lowest BCUT2D eigenvalue weighted by Gasteiger charge is -2.12. The van der Waals surface area contributed by atoms with Crippen molar-refractivity contribution < 1.29 is 9.32 Å². The molecule has 2 aromatic carbocycles. The van der Waals surface area contributed by atoms with Gasteiger partial charge in [-0.3, -0.25) is 4.79 Å². The smallest absolute Gasteiger partial charge is 0.261 e. The molecule has 0 aliphatic carbocycles. The van der Waals surface area contributed by atoms with E-state index in [2.05, 4.69) is 10.5 Å². The lowest BCUT2D eigenvalue weighted by Crippen LogP contribution is -2.14. The van der Waals surface area contributed by atoms with Crippen LogP contribution in [0.1, 0.15) is 27.0 Å². The Morgan fingerprint density at radius 3 is 2.35 bits per heavy atom. The highest BCUT2D eigenvalue weighted by Crippen LogP contribution is 2.26. The van der Waals surface area contributed by atoms with Crippen LogP contribution in [0.25, 0.3) is 11.3 Å². The third-order valence-electron chi connectivity index (χ3n) is 3.78. The normalized spacial score (nSPS) is 10.6. The average molecular weight is 306 g/mol. The van der Waals surface area contributed by atoms with Gasteiger partial charge in [0.15, 0.2) is 0 Å². The second kappa shape index (κ2) is 6.08. The third-order valence-corrected chi connectivity index (χ3v) is 3.78. The largest absolute Gasteiger partial charge is 0.363 e. The van der Waals surface area contributed by atoms with Gasteiger partial charge in [-0.2, -0.15) is 0 Å². The van der Waals surface area contributed by atoms with Crippen LogP contribution in [0, 0.1) is 20.8 Å². The molecule has 4 heteroatoms. The van der Waals surface area contributed by atoms with E-state index in [9.17, 15) is 4.79 Å². The zero-order valence-electron chi connectivity index (χ0n) is 13.4. The highest BCUT2D eigenvalue weighted by molar-refractivity contribution is 6.08. The predicted octanol–water partition coefficient (Wildman–Crippen LogP) is 4.52. The van der Waals surface area contributed by atoms with Crippen LogP contribution in [0.15, 0.2) is 53.3 Å². The van der Waals surface area contributed by atoms with E-state index in [1.54, 1.807) is 0 Å². The second-order valence-corrected chi connectivity index (χ2v) is 5.67. The van der Waals surface area contributed by atoms with E-state index in [1.165, 1.54) is 11.8 Å². The van der Waals surface area contributed by atoms with Crippen LogP contribution < -0.4 is 5.32 Å². The minimum atomic E-state index is -0.222. The van der Waals surface area contributed by atoms with Crippen molar-refractivity contribution >= 4 is 11.6 Å². The lowest BCUT2D eigenvalue weighted by atomic mass is 10.0. The molecule has 0 saturated carbocycles. The number of carbonyl (C=O) groups is 1. The predicted molar refractivity (Wildman–Crippen MR) is 90.5 cm³/mol. The van der Waals surface area contributed by atoms with Gasteiger partial charge in [0, 0.05) is 11.3 Å². The fraction of sp³-hybridized carbons (Fsp3) is 0.158. The minimum Gasteiger partial charge on any atom is -0.363 e. The van der Waals surface area contributed by atoms with Crippen molar-refractivity contribution in [2.45, 2.75) is 20.8 Å². The third kappa shape index (κ3) is 3.01. The number of carbonyl (C=O) groups excluding carboxylic acids is 1. The van der Waals surface area contributed by atoms with E-state index in [-0.39, 0.29) is 5.91 Å². The van der Waals surface area contributed by atoms with Crippen LogP contribution in [-0.4, -0.2) is 11.1 Å². The van der Waals surface area contributed by atoms with E-state index in [1.807, 2.05) is 63.2 Å². The monoisotopic (exact) mass is 306 g/mol. The van der Waals surface area contributed by atoms with Crippen molar-refractivity contribution in [2.75, 3.05) is 5.32 Å². The maximum Gasteiger partial charge on any atom is 0.261 e. The Kier molecular flexibility index (Phi) is 3.98. The Morgan fingerprint density at radius 2 is 1.70 bits per heavy atom. The summed E-state index contributed by atoms with van der Waals surface area (Å²) >= 11 is 0. The van der Waals surface area contributed by atoms with Crippen molar-refractivity contribution in [3.63, 3.8) is 0 Å². The maximum absolute atomic E-state index is 12.6. The molecule has 0 bridgehead atoms. The Morgan fingerprint density at radius 1 is 1.04 bits per heavy atom. The van der Waals surface area contributed by atoms with Crippen LogP contribution in [0.5, 0.6) is 0 Å². The molecule has 23 heavy (non-hydrogen) atoms. The molecule has 0 spiro atoms. The molecule has 0 aliphatic rings. The zero-order chi connectivity index (χ0) is 16.4. The molecule has 1 amide bonds. The summed E-state index contributed by atoms with van der Waals surface area (Å²) in [6, 6.07) is 13.6. The molecule has 116 valence electrons. The first kappa shape index (κ1) is 15.0. The van der Waals surface area contributed by atoms with Gasteiger partial charge >= 0.3 is 0 Å². The molecule has 0 atom stereocenters. The van der Waals surface area contributed by atoms with Crippen LogP contribution >= 0.6 is 0 Å². The summed E-state index contributed by atoms with van der Waals surface area (Å²) in [6.07, 6.45) is 1.39. The van der Waals surface area contributed by atoms with Crippen molar-refractivity contribution in [1.29, 1.82) is 0 Å². The van der Waals surface area contributed by atoms with E-state index >= 15 is 0 Å². The number of aryl methyl sites for hydroxylation is 3. The van der Waals surface area contributed by atoms with Gasteiger partial charge < -0.3 is 9.84 Å². The number of benzene rings is 2. The SMILES string of the molecule is Cc1cc(C)c(NC(=O)c2conc2-c2ccccc2)c(C)c1. The fourth-order valence-corrected chi connectivity index (χ4v) is 2.76. The van der Waals surface area contributed by atoms with Gasteiger partial charge in [0.2, 0.25) is 0 Å². The highest BCUT2D eigenvalue weighted by atomic mass is 16.5. The molecule has 4 nitrogen and oxygen atoms in total. The first-order valence-corrected chi connectivity index (χ1v) is 7.45. The van der Waals surface area contributed by atoms with E-state index < -0.39 is 0 Å². The quantitative estimate of drug-likeness (QED) is 0.774. The van der Waals surface area contributed by atoms with Crippen molar-refractivity contribution in [1.82, 2.24) is 5.16 Å². The standard InChI is InChI=1S/C19H18N2O2/c1-12-9-13(2)17(14(3)10-12)20-19(22)16-11-23-21-18(16)15-7-5-4-6-8-15/h4-11H,1-3H3,(H,20,22). The van der Waals surface area contributed by atoms with Crippen LogP contribution in [0.3, 0.4) is 0 Å². The zero-order valence-corrected chi connectivity index (χ0v) is 13.4. The summed E-state index contributed by atoms with van der Waals surface area (Å²) in [5.41, 5.74) is 5.90. The number of aromatic nitrogens is 1.